The molecule has 2 rings (SSSR count). The Balaban J connectivity index is 2.65. The van der Waals surface area contributed by atoms with Crippen LogP contribution in [0.25, 0.3) is 0 Å². The summed E-state index contributed by atoms with van der Waals surface area (Å²) in [5.74, 6) is 0. The molecule has 1 aliphatic rings. The van der Waals surface area contributed by atoms with Crippen molar-refractivity contribution in [3.8, 4) is 0 Å². The average Bonchev–Trinajstić information content (AvgIpc) is 2.66. The van der Waals surface area contributed by atoms with E-state index >= 15 is 0 Å². The molecule has 1 heterocycles. The first kappa shape index (κ1) is 10.3. The second-order valence-electron chi connectivity index (χ2n) is 4.36. The van der Waals surface area contributed by atoms with Crippen LogP contribution in [0.4, 0.5) is 5.69 Å². The van der Waals surface area contributed by atoms with Crippen molar-refractivity contribution in [1.29, 1.82) is 0 Å². The highest BCUT2D eigenvalue weighted by Gasteiger charge is 2.20. The monoisotopic (exact) mass is 206 g/mol. The number of hydrogen-bond donors (Lipinski definition) is 1. The van der Waals surface area contributed by atoms with Gasteiger partial charge in [-0.2, -0.15) is 0 Å². The van der Waals surface area contributed by atoms with Crippen molar-refractivity contribution in [2.45, 2.75) is 45.6 Å². The van der Waals surface area contributed by atoms with Gasteiger partial charge in [-0.1, -0.05) is 6.92 Å². The second kappa shape index (κ2) is 3.72. The van der Waals surface area contributed by atoms with Gasteiger partial charge in [-0.05, 0) is 44.2 Å². The van der Waals surface area contributed by atoms with Gasteiger partial charge in [0, 0.05) is 11.7 Å². The summed E-state index contributed by atoms with van der Waals surface area (Å²) in [5, 5.41) is 0. The standard InChI is InChI=1S/C12H18N2O/c1-3-8(2)14-11-6-4-5-9(11)7-10(13)12(14)15/h7-8H,3-6,13H2,1-2H3. The van der Waals surface area contributed by atoms with Crippen LogP contribution in [0.5, 0.6) is 0 Å². The molecule has 3 nitrogen and oxygen atoms in total. The third-order valence-corrected chi connectivity index (χ3v) is 3.35. The van der Waals surface area contributed by atoms with Crippen LogP contribution in [-0.4, -0.2) is 4.57 Å². The Bertz CT molecular complexity index is 434. The van der Waals surface area contributed by atoms with Crippen LogP contribution < -0.4 is 11.3 Å². The van der Waals surface area contributed by atoms with Crippen molar-refractivity contribution < 1.29 is 0 Å². The molecule has 2 N–H and O–H groups in total. The number of nitrogen functional groups attached to an aromatic ring is 1. The minimum absolute atomic E-state index is 0.00926. The van der Waals surface area contributed by atoms with E-state index in [9.17, 15) is 4.79 Å². The lowest BCUT2D eigenvalue weighted by Gasteiger charge is -2.18. The first-order valence-electron chi connectivity index (χ1n) is 5.68. The second-order valence-corrected chi connectivity index (χ2v) is 4.36. The van der Waals surface area contributed by atoms with Gasteiger partial charge in [0.25, 0.3) is 5.56 Å². The van der Waals surface area contributed by atoms with Crippen LogP contribution >= 0.6 is 0 Å². The largest absolute Gasteiger partial charge is 0.394 e. The first-order chi connectivity index (χ1) is 7.15. The van der Waals surface area contributed by atoms with Gasteiger partial charge in [-0.15, -0.1) is 0 Å². The number of aromatic nitrogens is 1. The molecule has 0 aromatic carbocycles. The summed E-state index contributed by atoms with van der Waals surface area (Å²) in [7, 11) is 0. The lowest BCUT2D eigenvalue weighted by atomic mass is 10.1. The van der Waals surface area contributed by atoms with Gasteiger partial charge in [0.15, 0.2) is 0 Å². The number of rotatable bonds is 2. The van der Waals surface area contributed by atoms with Crippen molar-refractivity contribution in [2.24, 2.45) is 0 Å². The molecule has 1 aromatic heterocycles. The molecule has 0 bridgehead atoms. The van der Waals surface area contributed by atoms with E-state index in [-0.39, 0.29) is 11.6 Å². The number of pyridine rings is 1. The molecule has 0 fully saturated rings. The van der Waals surface area contributed by atoms with Crippen LogP contribution in [0, 0.1) is 0 Å². The zero-order chi connectivity index (χ0) is 11.0. The van der Waals surface area contributed by atoms with Crippen molar-refractivity contribution in [2.75, 3.05) is 5.73 Å². The normalized spacial score (nSPS) is 16.4. The first-order valence-corrected chi connectivity index (χ1v) is 5.68. The molecule has 15 heavy (non-hydrogen) atoms. The van der Waals surface area contributed by atoms with E-state index in [4.69, 9.17) is 5.73 Å². The summed E-state index contributed by atoms with van der Waals surface area (Å²) >= 11 is 0. The fourth-order valence-corrected chi connectivity index (χ4v) is 2.34. The van der Waals surface area contributed by atoms with Gasteiger partial charge < -0.3 is 10.3 Å². The van der Waals surface area contributed by atoms with E-state index in [2.05, 4.69) is 13.8 Å². The topological polar surface area (TPSA) is 48.0 Å². The van der Waals surface area contributed by atoms with Crippen LogP contribution in [0.1, 0.15) is 44.0 Å². The molecule has 0 spiro atoms. The van der Waals surface area contributed by atoms with E-state index in [1.54, 1.807) is 0 Å². The quantitative estimate of drug-likeness (QED) is 0.803. The van der Waals surface area contributed by atoms with Gasteiger partial charge in [0.2, 0.25) is 0 Å². The van der Waals surface area contributed by atoms with Crippen molar-refractivity contribution in [3.05, 3.63) is 27.7 Å². The fraction of sp³-hybridized carbons (Fsp3) is 0.583. The molecule has 1 aliphatic carbocycles. The fourth-order valence-electron chi connectivity index (χ4n) is 2.34. The summed E-state index contributed by atoms with van der Waals surface area (Å²) in [6.45, 7) is 4.18. The van der Waals surface area contributed by atoms with E-state index < -0.39 is 0 Å². The molecular weight excluding hydrogens is 188 g/mol. The molecule has 1 unspecified atom stereocenters. The molecule has 0 amide bonds. The number of nitrogens with zero attached hydrogens (tertiary/aromatic N) is 1. The van der Waals surface area contributed by atoms with Crippen molar-refractivity contribution >= 4 is 5.69 Å². The zero-order valence-corrected chi connectivity index (χ0v) is 9.42. The van der Waals surface area contributed by atoms with Crippen LogP contribution in [0.2, 0.25) is 0 Å². The Labute approximate surface area is 89.9 Å². The van der Waals surface area contributed by atoms with Gasteiger partial charge >= 0.3 is 0 Å². The highest BCUT2D eigenvalue weighted by molar-refractivity contribution is 5.43. The van der Waals surface area contributed by atoms with E-state index in [1.165, 1.54) is 11.3 Å². The Kier molecular flexibility index (Phi) is 2.55. The minimum atomic E-state index is -0.00926. The molecule has 1 aromatic rings. The van der Waals surface area contributed by atoms with E-state index in [0.717, 1.165) is 25.7 Å². The number of aryl methyl sites for hydroxylation is 1. The summed E-state index contributed by atoms with van der Waals surface area (Å²) in [5.41, 5.74) is 8.62. The Hall–Kier alpha value is -1.25. The van der Waals surface area contributed by atoms with Gasteiger partial charge in [-0.25, -0.2) is 0 Å². The summed E-state index contributed by atoms with van der Waals surface area (Å²) in [6.07, 6.45) is 4.20. The van der Waals surface area contributed by atoms with Gasteiger partial charge in [0.1, 0.15) is 0 Å². The maximum atomic E-state index is 12.0. The number of fused-ring (bicyclic) bond motifs is 1. The predicted molar refractivity (Wildman–Crippen MR) is 62.1 cm³/mol. The molecule has 0 saturated heterocycles. The van der Waals surface area contributed by atoms with Crippen LogP contribution in [-0.2, 0) is 12.8 Å². The summed E-state index contributed by atoms with van der Waals surface area (Å²) in [4.78, 5) is 12.0. The highest BCUT2D eigenvalue weighted by atomic mass is 16.1. The molecule has 0 radical (unpaired) electrons. The van der Waals surface area contributed by atoms with Gasteiger partial charge in [-0.3, -0.25) is 4.79 Å². The van der Waals surface area contributed by atoms with Gasteiger partial charge in [0.05, 0.1) is 5.69 Å². The summed E-state index contributed by atoms with van der Waals surface area (Å²) in [6, 6.07) is 2.12. The predicted octanol–water partition coefficient (Wildman–Crippen LogP) is 1.89. The lowest BCUT2D eigenvalue weighted by Crippen LogP contribution is -2.28. The highest BCUT2D eigenvalue weighted by Crippen LogP contribution is 2.25. The maximum Gasteiger partial charge on any atom is 0.274 e. The minimum Gasteiger partial charge on any atom is -0.394 e. The molecule has 0 saturated carbocycles. The molecular formula is C12H18N2O. The van der Waals surface area contributed by atoms with Crippen molar-refractivity contribution in [1.82, 2.24) is 4.57 Å². The number of anilines is 1. The average molecular weight is 206 g/mol. The molecule has 82 valence electrons. The molecule has 0 aliphatic heterocycles. The van der Waals surface area contributed by atoms with E-state index in [0.29, 0.717) is 5.69 Å². The SMILES string of the molecule is CCC(C)n1c2c(cc(N)c1=O)CCC2. The Morgan fingerprint density at radius 3 is 2.93 bits per heavy atom. The lowest BCUT2D eigenvalue weighted by molar-refractivity contribution is 0.498. The smallest absolute Gasteiger partial charge is 0.274 e. The van der Waals surface area contributed by atoms with Crippen molar-refractivity contribution in [3.63, 3.8) is 0 Å². The zero-order valence-electron chi connectivity index (χ0n) is 9.42. The summed E-state index contributed by atoms with van der Waals surface area (Å²) < 4.78 is 1.90. The Morgan fingerprint density at radius 2 is 2.27 bits per heavy atom. The van der Waals surface area contributed by atoms with E-state index in [1.807, 2.05) is 10.6 Å². The third kappa shape index (κ3) is 1.56. The molecule has 3 heteroatoms. The van der Waals surface area contributed by atoms with Crippen LogP contribution in [0.15, 0.2) is 10.9 Å². The third-order valence-electron chi connectivity index (χ3n) is 3.35. The number of nitrogens with two attached hydrogens (primary N) is 1. The van der Waals surface area contributed by atoms with Crippen LogP contribution in [0.3, 0.4) is 0 Å². The Morgan fingerprint density at radius 1 is 1.53 bits per heavy atom. The maximum absolute atomic E-state index is 12.0. The number of hydrogen-bond acceptors (Lipinski definition) is 2. The molecule has 1 atom stereocenters.